The number of carbonyl (C=O) groups excluding carboxylic acids is 2. The Bertz CT molecular complexity index is 859. The smallest absolute Gasteiger partial charge is 0.270 e. The van der Waals surface area contributed by atoms with Crippen molar-refractivity contribution in [3.63, 3.8) is 0 Å². The van der Waals surface area contributed by atoms with Gasteiger partial charge in [-0.1, -0.05) is 52.0 Å². The number of fused-ring (bicyclic) bond motifs is 1. The van der Waals surface area contributed by atoms with Gasteiger partial charge in [0.15, 0.2) is 23.5 Å². The van der Waals surface area contributed by atoms with Gasteiger partial charge >= 0.3 is 0 Å². The molecule has 1 aromatic carbocycles. The predicted molar refractivity (Wildman–Crippen MR) is 105 cm³/mol. The average Bonchev–Trinajstić information content (AvgIpc) is 2.63. The SMILES string of the molecule is CC(C)c1ccc(C(=O)CN2C(=O)C(C(C)C)Oc3ccc(N)nc32)cc1. The van der Waals surface area contributed by atoms with Gasteiger partial charge in [-0.05, 0) is 29.5 Å². The lowest BCUT2D eigenvalue weighted by atomic mass is 10.00. The number of nitrogen functional groups attached to an aromatic ring is 1. The highest BCUT2D eigenvalue weighted by Crippen LogP contribution is 2.34. The van der Waals surface area contributed by atoms with Gasteiger partial charge in [0.25, 0.3) is 5.91 Å². The third kappa shape index (κ3) is 3.79. The van der Waals surface area contributed by atoms with Gasteiger partial charge in [0.2, 0.25) is 0 Å². The van der Waals surface area contributed by atoms with Crippen LogP contribution < -0.4 is 15.4 Å². The molecular weight excluding hydrogens is 342 g/mol. The van der Waals surface area contributed by atoms with Crippen LogP contribution in [0.3, 0.4) is 0 Å². The van der Waals surface area contributed by atoms with E-state index in [4.69, 9.17) is 10.5 Å². The number of hydrogen-bond donors (Lipinski definition) is 1. The number of Topliss-reactive ketones (excluding diaryl/α,β-unsaturated/α-hetero) is 1. The van der Waals surface area contributed by atoms with Crippen LogP contribution in [0.2, 0.25) is 0 Å². The first-order valence-electron chi connectivity index (χ1n) is 9.15. The summed E-state index contributed by atoms with van der Waals surface area (Å²) in [6.45, 7) is 7.91. The van der Waals surface area contributed by atoms with Crippen LogP contribution in [0.25, 0.3) is 0 Å². The van der Waals surface area contributed by atoms with Crippen molar-refractivity contribution >= 4 is 23.3 Å². The van der Waals surface area contributed by atoms with Crippen LogP contribution in [0.1, 0.15) is 49.5 Å². The summed E-state index contributed by atoms with van der Waals surface area (Å²) in [7, 11) is 0. The van der Waals surface area contributed by atoms with Crippen molar-refractivity contribution in [1.29, 1.82) is 0 Å². The van der Waals surface area contributed by atoms with Crippen molar-refractivity contribution in [3.8, 4) is 5.75 Å². The summed E-state index contributed by atoms with van der Waals surface area (Å²) in [5.74, 6) is 0.953. The summed E-state index contributed by atoms with van der Waals surface area (Å²) in [5.41, 5.74) is 7.50. The first-order chi connectivity index (χ1) is 12.8. The van der Waals surface area contributed by atoms with E-state index in [1.807, 2.05) is 26.0 Å². The molecule has 2 N–H and O–H groups in total. The van der Waals surface area contributed by atoms with Crippen molar-refractivity contribution < 1.29 is 14.3 Å². The molecule has 1 aliphatic rings. The molecule has 27 heavy (non-hydrogen) atoms. The van der Waals surface area contributed by atoms with Gasteiger partial charge < -0.3 is 10.5 Å². The Hall–Kier alpha value is -2.89. The quantitative estimate of drug-likeness (QED) is 0.819. The fourth-order valence-electron chi connectivity index (χ4n) is 3.04. The van der Waals surface area contributed by atoms with E-state index in [2.05, 4.69) is 18.8 Å². The van der Waals surface area contributed by atoms with Gasteiger partial charge in [-0.15, -0.1) is 0 Å². The molecule has 6 nitrogen and oxygen atoms in total. The predicted octanol–water partition coefficient (Wildman–Crippen LogP) is 3.42. The molecular formula is C21H25N3O3. The van der Waals surface area contributed by atoms with E-state index >= 15 is 0 Å². The van der Waals surface area contributed by atoms with E-state index in [0.29, 0.717) is 23.0 Å². The molecule has 3 rings (SSSR count). The number of benzene rings is 1. The topological polar surface area (TPSA) is 85.5 Å². The Morgan fingerprint density at radius 3 is 2.41 bits per heavy atom. The molecule has 0 saturated heterocycles. The highest BCUT2D eigenvalue weighted by molar-refractivity contribution is 6.07. The van der Waals surface area contributed by atoms with Crippen molar-refractivity contribution in [2.45, 2.75) is 39.7 Å². The largest absolute Gasteiger partial charge is 0.476 e. The van der Waals surface area contributed by atoms with Crippen LogP contribution in [0, 0.1) is 5.92 Å². The second-order valence-electron chi connectivity index (χ2n) is 7.46. The molecule has 6 heteroatoms. The maximum atomic E-state index is 12.9. The molecule has 1 aromatic heterocycles. The number of ether oxygens (including phenoxy) is 1. The number of anilines is 2. The summed E-state index contributed by atoms with van der Waals surface area (Å²) in [6, 6.07) is 10.8. The molecule has 0 radical (unpaired) electrons. The maximum Gasteiger partial charge on any atom is 0.270 e. The molecule has 2 heterocycles. The number of nitrogens with zero attached hydrogens (tertiary/aromatic N) is 2. The minimum Gasteiger partial charge on any atom is -0.476 e. The van der Waals surface area contributed by atoms with E-state index in [1.165, 1.54) is 4.90 Å². The fourth-order valence-corrected chi connectivity index (χ4v) is 3.04. The maximum absolute atomic E-state index is 12.9. The standard InChI is InChI=1S/C21H25N3O3/c1-12(2)14-5-7-15(8-6-14)16(25)11-24-20-17(9-10-18(22)23-20)27-19(13(3)4)21(24)26/h5-10,12-13,19H,11H2,1-4H3,(H2,22,23). The van der Waals surface area contributed by atoms with E-state index < -0.39 is 6.10 Å². The molecule has 1 amide bonds. The molecule has 0 bridgehead atoms. The van der Waals surface area contributed by atoms with Crippen molar-refractivity contribution in [2.24, 2.45) is 5.92 Å². The number of carbonyl (C=O) groups is 2. The van der Waals surface area contributed by atoms with E-state index in [0.717, 1.165) is 5.56 Å². The fraction of sp³-hybridized carbons (Fsp3) is 0.381. The highest BCUT2D eigenvalue weighted by Gasteiger charge is 2.38. The lowest BCUT2D eigenvalue weighted by Crippen LogP contribution is -2.50. The molecule has 1 unspecified atom stereocenters. The van der Waals surface area contributed by atoms with Gasteiger partial charge in [-0.3, -0.25) is 14.5 Å². The molecule has 1 aliphatic heterocycles. The van der Waals surface area contributed by atoms with Gasteiger partial charge in [-0.2, -0.15) is 0 Å². The number of rotatable bonds is 5. The van der Waals surface area contributed by atoms with Gasteiger partial charge in [0, 0.05) is 5.56 Å². The first-order valence-corrected chi connectivity index (χ1v) is 9.15. The Balaban J connectivity index is 1.90. The number of ketones is 1. The zero-order valence-corrected chi connectivity index (χ0v) is 16.1. The van der Waals surface area contributed by atoms with Crippen LogP contribution in [-0.2, 0) is 4.79 Å². The average molecular weight is 367 g/mol. The Kier molecular flexibility index (Phi) is 5.17. The second kappa shape index (κ2) is 7.39. The number of nitrogens with two attached hydrogens (primary N) is 1. The summed E-state index contributed by atoms with van der Waals surface area (Å²) in [5, 5.41) is 0. The monoisotopic (exact) mass is 367 g/mol. The highest BCUT2D eigenvalue weighted by atomic mass is 16.5. The number of aromatic nitrogens is 1. The summed E-state index contributed by atoms with van der Waals surface area (Å²) in [6.07, 6.45) is -0.654. The van der Waals surface area contributed by atoms with E-state index in [9.17, 15) is 9.59 Å². The van der Waals surface area contributed by atoms with Crippen LogP contribution in [0.4, 0.5) is 11.6 Å². The van der Waals surface area contributed by atoms with Crippen LogP contribution in [0.15, 0.2) is 36.4 Å². The van der Waals surface area contributed by atoms with Crippen molar-refractivity contribution in [1.82, 2.24) is 4.98 Å². The summed E-state index contributed by atoms with van der Waals surface area (Å²) >= 11 is 0. The third-order valence-corrected chi connectivity index (χ3v) is 4.69. The lowest BCUT2D eigenvalue weighted by Gasteiger charge is -2.34. The number of pyridine rings is 1. The van der Waals surface area contributed by atoms with E-state index in [1.54, 1.807) is 24.3 Å². The van der Waals surface area contributed by atoms with Crippen molar-refractivity contribution in [2.75, 3.05) is 17.2 Å². The molecule has 0 spiro atoms. The van der Waals surface area contributed by atoms with E-state index in [-0.39, 0.29) is 30.0 Å². The Morgan fingerprint density at radius 2 is 1.81 bits per heavy atom. The Morgan fingerprint density at radius 1 is 1.15 bits per heavy atom. The second-order valence-corrected chi connectivity index (χ2v) is 7.46. The zero-order chi connectivity index (χ0) is 19.7. The van der Waals surface area contributed by atoms with Crippen molar-refractivity contribution in [3.05, 3.63) is 47.5 Å². The van der Waals surface area contributed by atoms with Crippen LogP contribution in [0.5, 0.6) is 5.75 Å². The molecule has 1 atom stereocenters. The first kappa shape index (κ1) is 18.9. The molecule has 2 aromatic rings. The van der Waals surface area contributed by atoms with Crippen LogP contribution >= 0.6 is 0 Å². The molecule has 0 fully saturated rings. The van der Waals surface area contributed by atoms with Gasteiger partial charge in [0.05, 0.1) is 6.54 Å². The van der Waals surface area contributed by atoms with Gasteiger partial charge in [0.1, 0.15) is 5.82 Å². The third-order valence-electron chi connectivity index (χ3n) is 4.69. The number of hydrogen-bond acceptors (Lipinski definition) is 5. The summed E-state index contributed by atoms with van der Waals surface area (Å²) in [4.78, 5) is 31.4. The normalized spacial score (nSPS) is 16.4. The minimum atomic E-state index is -0.654. The molecule has 0 aliphatic carbocycles. The van der Waals surface area contributed by atoms with Gasteiger partial charge in [-0.25, -0.2) is 4.98 Å². The van der Waals surface area contributed by atoms with Crippen LogP contribution in [-0.4, -0.2) is 29.3 Å². The Labute approximate surface area is 159 Å². The molecule has 142 valence electrons. The lowest BCUT2D eigenvalue weighted by molar-refractivity contribution is -0.128. The minimum absolute atomic E-state index is 0.0360. The zero-order valence-electron chi connectivity index (χ0n) is 16.1. The number of amides is 1. The molecule has 0 saturated carbocycles. The summed E-state index contributed by atoms with van der Waals surface area (Å²) < 4.78 is 5.80.